The molecule has 0 aliphatic carbocycles. The molecule has 4 rings (SSSR count). The standard InChI is InChI=1S/C19H17ClFN3O3S/c20-13-1-6-17-18(11-13)22-12-24(19(17)25)15-7-9-23(10-8-15)28(26,27)16-4-2-14(21)3-5-16/h1-6,11-12,15H,7-10H2. The van der Waals surface area contributed by atoms with E-state index in [2.05, 4.69) is 4.98 Å². The van der Waals surface area contributed by atoms with E-state index in [0.717, 1.165) is 12.1 Å². The van der Waals surface area contributed by atoms with Crippen molar-refractivity contribution in [2.75, 3.05) is 13.1 Å². The summed E-state index contributed by atoms with van der Waals surface area (Å²) in [6.45, 7) is 0.547. The number of hydrogen-bond donors (Lipinski definition) is 0. The molecule has 6 nitrogen and oxygen atoms in total. The van der Waals surface area contributed by atoms with Gasteiger partial charge in [-0.05, 0) is 55.3 Å². The Kier molecular flexibility index (Phi) is 4.95. The van der Waals surface area contributed by atoms with Crippen molar-refractivity contribution in [2.24, 2.45) is 0 Å². The molecule has 0 unspecified atom stereocenters. The summed E-state index contributed by atoms with van der Waals surface area (Å²) in [5.41, 5.74) is 0.367. The number of sulfonamides is 1. The molecular formula is C19H17ClFN3O3S. The van der Waals surface area contributed by atoms with E-state index in [0.29, 0.717) is 28.8 Å². The Hall–Kier alpha value is -2.29. The molecule has 9 heteroatoms. The van der Waals surface area contributed by atoms with Crippen molar-refractivity contribution in [1.82, 2.24) is 13.9 Å². The number of aromatic nitrogens is 2. The van der Waals surface area contributed by atoms with Gasteiger partial charge in [-0.15, -0.1) is 0 Å². The van der Waals surface area contributed by atoms with Crippen molar-refractivity contribution in [3.8, 4) is 0 Å². The molecule has 1 aliphatic rings. The van der Waals surface area contributed by atoms with Gasteiger partial charge in [0.2, 0.25) is 10.0 Å². The van der Waals surface area contributed by atoms with Crippen LogP contribution in [0.5, 0.6) is 0 Å². The fourth-order valence-electron chi connectivity index (χ4n) is 3.48. The van der Waals surface area contributed by atoms with Gasteiger partial charge >= 0.3 is 0 Å². The van der Waals surface area contributed by atoms with E-state index in [1.165, 1.54) is 22.8 Å². The predicted molar refractivity (Wildman–Crippen MR) is 104 cm³/mol. The van der Waals surface area contributed by atoms with E-state index in [4.69, 9.17) is 11.6 Å². The largest absolute Gasteiger partial charge is 0.296 e. The fourth-order valence-corrected chi connectivity index (χ4v) is 5.12. The van der Waals surface area contributed by atoms with Crippen LogP contribution in [-0.2, 0) is 10.0 Å². The molecular weight excluding hydrogens is 405 g/mol. The van der Waals surface area contributed by atoms with Gasteiger partial charge in [0.1, 0.15) is 5.82 Å². The van der Waals surface area contributed by atoms with E-state index >= 15 is 0 Å². The van der Waals surface area contributed by atoms with Crippen LogP contribution in [0.3, 0.4) is 0 Å². The number of fused-ring (bicyclic) bond motifs is 1. The molecule has 28 heavy (non-hydrogen) atoms. The quantitative estimate of drug-likeness (QED) is 0.651. The Balaban J connectivity index is 1.55. The lowest BCUT2D eigenvalue weighted by Gasteiger charge is -2.32. The predicted octanol–water partition coefficient (Wildman–Crippen LogP) is 3.21. The zero-order valence-corrected chi connectivity index (χ0v) is 16.3. The number of benzene rings is 2. The van der Waals surface area contributed by atoms with Gasteiger partial charge in [0.05, 0.1) is 22.1 Å². The topological polar surface area (TPSA) is 72.3 Å². The Labute approximate surface area is 166 Å². The Morgan fingerprint density at radius 2 is 1.75 bits per heavy atom. The summed E-state index contributed by atoms with van der Waals surface area (Å²) in [6, 6.07) is 9.59. The highest BCUT2D eigenvalue weighted by molar-refractivity contribution is 7.89. The van der Waals surface area contributed by atoms with Gasteiger partial charge in [-0.3, -0.25) is 9.36 Å². The smallest absolute Gasteiger partial charge is 0.261 e. The van der Waals surface area contributed by atoms with E-state index in [9.17, 15) is 17.6 Å². The molecule has 1 fully saturated rings. The average molecular weight is 422 g/mol. The van der Waals surface area contributed by atoms with Crippen LogP contribution in [0.1, 0.15) is 18.9 Å². The second-order valence-electron chi connectivity index (χ2n) is 6.71. The van der Waals surface area contributed by atoms with Gasteiger partial charge in [0.25, 0.3) is 5.56 Å². The fraction of sp³-hybridized carbons (Fsp3) is 0.263. The molecule has 0 amide bonds. The van der Waals surface area contributed by atoms with Gasteiger partial charge < -0.3 is 0 Å². The van der Waals surface area contributed by atoms with E-state index < -0.39 is 15.8 Å². The Morgan fingerprint density at radius 3 is 2.43 bits per heavy atom. The molecule has 1 saturated heterocycles. The highest BCUT2D eigenvalue weighted by atomic mass is 35.5. The van der Waals surface area contributed by atoms with Crippen LogP contribution < -0.4 is 5.56 Å². The molecule has 146 valence electrons. The monoisotopic (exact) mass is 421 g/mol. The summed E-state index contributed by atoms with van der Waals surface area (Å²) >= 11 is 5.95. The molecule has 2 aromatic carbocycles. The summed E-state index contributed by atoms with van der Waals surface area (Å²) in [4.78, 5) is 17.2. The Morgan fingerprint density at radius 1 is 1.07 bits per heavy atom. The average Bonchev–Trinajstić information content (AvgIpc) is 2.68. The van der Waals surface area contributed by atoms with E-state index in [-0.39, 0.29) is 29.6 Å². The second kappa shape index (κ2) is 7.27. The molecule has 2 heterocycles. The first-order chi connectivity index (χ1) is 13.4. The van der Waals surface area contributed by atoms with Crippen molar-refractivity contribution in [1.29, 1.82) is 0 Å². The number of hydrogen-bond acceptors (Lipinski definition) is 4. The van der Waals surface area contributed by atoms with Gasteiger partial charge in [-0.2, -0.15) is 4.31 Å². The lowest BCUT2D eigenvalue weighted by Crippen LogP contribution is -2.40. The van der Waals surface area contributed by atoms with Crippen LogP contribution in [0.25, 0.3) is 10.9 Å². The summed E-state index contributed by atoms with van der Waals surface area (Å²) in [5, 5.41) is 0.990. The van der Waals surface area contributed by atoms with Crippen LogP contribution in [0.15, 0.2) is 58.5 Å². The maximum absolute atomic E-state index is 13.1. The summed E-state index contributed by atoms with van der Waals surface area (Å²) in [7, 11) is -3.68. The highest BCUT2D eigenvalue weighted by Crippen LogP contribution is 2.26. The molecule has 0 radical (unpaired) electrons. The number of rotatable bonds is 3. The zero-order chi connectivity index (χ0) is 19.9. The SMILES string of the molecule is O=c1c2ccc(Cl)cc2ncn1C1CCN(S(=O)(=O)c2ccc(F)cc2)CC1. The maximum Gasteiger partial charge on any atom is 0.261 e. The minimum absolute atomic E-state index is 0.0637. The van der Waals surface area contributed by atoms with Crippen LogP contribution in [0, 0.1) is 5.82 Å². The first-order valence-electron chi connectivity index (χ1n) is 8.78. The van der Waals surface area contributed by atoms with Crippen molar-refractivity contribution in [3.05, 3.63) is 70.0 Å². The van der Waals surface area contributed by atoms with Crippen LogP contribution in [-0.4, -0.2) is 35.4 Å². The zero-order valence-electron chi connectivity index (χ0n) is 14.8. The first kappa shape index (κ1) is 19.0. The van der Waals surface area contributed by atoms with Gasteiger partial charge in [-0.1, -0.05) is 11.6 Å². The van der Waals surface area contributed by atoms with E-state index in [1.807, 2.05) is 0 Å². The minimum atomic E-state index is -3.68. The van der Waals surface area contributed by atoms with Crippen molar-refractivity contribution >= 4 is 32.5 Å². The molecule has 0 N–H and O–H groups in total. The molecule has 0 spiro atoms. The lowest BCUT2D eigenvalue weighted by molar-refractivity contribution is 0.269. The van der Waals surface area contributed by atoms with Crippen LogP contribution in [0.4, 0.5) is 4.39 Å². The first-order valence-corrected chi connectivity index (χ1v) is 10.6. The highest BCUT2D eigenvalue weighted by Gasteiger charge is 2.30. The number of halogens is 2. The van der Waals surface area contributed by atoms with Crippen LogP contribution >= 0.6 is 11.6 Å². The summed E-state index contributed by atoms with van der Waals surface area (Å²) in [5.74, 6) is -0.484. The summed E-state index contributed by atoms with van der Waals surface area (Å²) in [6.07, 6.45) is 2.47. The van der Waals surface area contributed by atoms with E-state index in [1.54, 1.807) is 22.8 Å². The van der Waals surface area contributed by atoms with Gasteiger partial charge in [0, 0.05) is 24.2 Å². The van der Waals surface area contributed by atoms with Crippen molar-refractivity contribution in [2.45, 2.75) is 23.8 Å². The maximum atomic E-state index is 13.1. The molecule has 1 aromatic heterocycles. The third-order valence-corrected chi connectivity index (χ3v) is 7.16. The number of piperidine rings is 1. The molecule has 1 aliphatic heterocycles. The molecule has 0 atom stereocenters. The summed E-state index contributed by atoms with van der Waals surface area (Å²) < 4.78 is 41.5. The third kappa shape index (κ3) is 3.43. The van der Waals surface area contributed by atoms with Gasteiger partial charge in [0.15, 0.2) is 0 Å². The number of nitrogens with zero attached hydrogens (tertiary/aromatic N) is 3. The van der Waals surface area contributed by atoms with Gasteiger partial charge in [-0.25, -0.2) is 17.8 Å². The van der Waals surface area contributed by atoms with Crippen LogP contribution in [0.2, 0.25) is 5.02 Å². The molecule has 0 saturated carbocycles. The molecule has 0 bridgehead atoms. The van der Waals surface area contributed by atoms with Crippen molar-refractivity contribution in [3.63, 3.8) is 0 Å². The molecule has 3 aromatic rings. The Bertz CT molecular complexity index is 1190. The lowest BCUT2D eigenvalue weighted by atomic mass is 10.1. The minimum Gasteiger partial charge on any atom is -0.296 e. The second-order valence-corrected chi connectivity index (χ2v) is 9.08. The third-order valence-electron chi connectivity index (χ3n) is 5.01. The normalized spacial score (nSPS) is 16.5. The van der Waals surface area contributed by atoms with Crippen molar-refractivity contribution < 1.29 is 12.8 Å².